The first-order chi connectivity index (χ1) is 13.0. The smallest absolute Gasteiger partial charge is 0.337 e. The zero-order chi connectivity index (χ0) is 18.8. The van der Waals surface area contributed by atoms with Crippen LogP contribution in [0.25, 0.3) is 10.9 Å². The number of ether oxygens (including phenoxy) is 2. The fourth-order valence-electron chi connectivity index (χ4n) is 5.41. The fraction of sp³-hybridized carbons (Fsp3) is 0.476. The Labute approximate surface area is 157 Å². The van der Waals surface area contributed by atoms with Gasteiger partial charge in [-0.05, 0) is 18.6 Å². The number of quaternary nitrogens is 1. The molecular weight excluding hydrogens is 344 g/mol. The summed E-state index contributed by atoms with van der Waals surface area (Å²) < 4.78 is 10.4. The standard InChI is InChI=1S/C21H24N2O4/c1-12-16-10-23(25)8-7-14-13-5-3-4-6-18(13)22-20(14)19(23)9-15(16)17(11-27-12)21(24)26-2/h3-6,11-12,15-16,19,22H,7-10H2,1-2H3/t12-,15-,16+,19-,23?/m0/s1. The summed E-state index contributed by atoms with van der Waals surface area (Å²) in [5.74, 6) is -0.331. The molecule has 27 heavy (non-hydrogen) atoms. The number of hydrogen-bond acceptors (Lipinski definition) is 4. The summed E-state index contributed by atoms with van der Waals surface area (Å²) in [5.41, 5.74) is 3.97. The molecular formula is C21H24N2O4. The molecule has 3 aliphatic rings. The number of benzene rings is 1. The number of nitrogens with zero attached hydrogens (tertiary/aromatic N) is 1. The number of methoxy groups -OCH3 is 1. The Hall–Kier alpha value is -2.31. The van der Waals surface area contributed by atoms with Gasteiger partial charge in [0, 0.05) is 29.7 Å². The molecule has 1 N–H and O–H groups in total. The molecule has 5 rings (SSSR count). The molecule has 1 unspecified atom stereocenters. The molecule has 2 aromatic rings. The van der Waals surface area contributed by atoms with Gasteiger partial charge < -0.3 is 24.3 Å². The average Bonchev–Trinajstić information content (AvgIpc) is 3.05. The van der Waals surface area contributed by atoms with Crippen LogP contribution in [-0.2, 0) is 20.7 Å². The molecule has 0 saturated carbocycles. The van der Waals surface area contributed by atoms with Gasteiger partial charge in [0.2, 0.25) is 0 Å². The van der Waals surface area contributed by atoms with Gasteiger partial charge >= 0.3 is 5.97 Å². The van der Waals surface area contributed by atoms with Crippen LogP contribution in [0.4, 0.5) is 0 Å². The van der Waals surface area contributed by atoms with Crippen LogP contribution in [0.1, 0.15) is 30.6 Å². The number of rotatable bonds is 1. The maximum atomic E-state index is 13.8. The van der Waals surface area contributed by atoms with E-state index in [0.717, 1.165) is 17.6 Å². The molecule has 5 atom stereocenters. The fourth-order valence-corrected chi connectivity index (χ4v) is 5.41. The summed E-state index contributed by atoms with van der Waals surface area (Å²) in [7, 11) is 1.39. The molecule has 1 fully saturated rings. The van der Waals surface area contributed by atoms with Crippen molar-refractivity contribution in [1.29, 1.82) is 0 Å². The van der Waals surface area contributed by atoms with E-state index in [0.29, 0.717) is 25.1 Å². The van der Waals surface area contributed by atoms with Crippen LogP contribution in [0, 0.1) is 17.0 Å². The summed E-state index contributed by atoms with van der Waals surface area (Å²) in [6.45, 7) is 3.04. The molecule has 3 aliphatic heterocycles. The molecule has 6 heteroatoms. The number of esters is 1. The molecule has 1 aromatic carbocycles. The third-order valence-corrected chi connectivity index (χ3v) is 6.84. The number of hydrogen-bond donors (Lipinski definition) is 1. The molecule has 0 aliphatic carbocycles. The summed E-state index contributed by atoms with van der Waals surface area (Å²) in [6, 6.07) is 8.06. The van der Waals surface area contributed by atoms with Crippen molar-refractivity contribution in [2.45, 2.75) is 31.9 Å². The number of fused-ring (bicyclic) bond motifs is 6. The van der Waals surface area contributed by atoms with E-state index in [4.69, 9.17) is 9.47 Å². The van der Waals surface area contributed by atoms with Crippen molar-refractivity contribution in [3.8, 4) is 0 Å². The zero-order valence-corrected chi connectivity index (χ0v) is 15.6. The number of piperidine rings is 1. The van der Waals surface area contributed by atoms with E-state index >= 15 is 0 Å². The topological polar surface area (TPSA) is 74.4 Å². The summed E-state index contributed by atoms with van der Waals surface area (Å²) >= 11 is 0. The van der Waals surface area contributed by atoms with Gasteiger partial charge in [-0.3, -0.25) is 0 Å². The third kappa shape index (κ3) is 2.36. The van der Waals surface area contributed by atoms with Crippen LogP contribution in [0.5, 0.6) is 0 Å². The quantitative estimate of drug-likeness (QED) is 0.477. The van der Waals surface area contributed by atoms with Crippen LogP contribution >= 0.6 is 0 Å². The first-order valence-electron chi connectivity index (χ1n) is 9.63. The highest BCUT2D eigenvalue weighted by Gasteiger charge is 2.52. The number of H-pyrrole nitrogens is 1. The Morgan fingerprint density at radius 1 is 1.37 bits per heavy atom. The summed E-state index contributed by atoms with van der Waals surface area (Å²) in [6.07, 6.45) is 2.91. The van der Waals surface area contributed by atoms with Gasteiger partial charge in [-0.25, -0.2) is 4.79 Å². The zero-order valence-electron chi connectivity index (χ0n) is 15.6. The van der Waals surface area contributed by atoms with E-state index < -0.39 is 0 Å². The molecule has 1 saturated heterocycles. The van der Waals surface area contributed by atoms with Crippen molar-refractivity contribution in [2.75, 3.05) is 20.2 Å². The van der Waals surface area contributed by atoms with Crippen LogP contribution in [0.15, 0.2) is 36.1 Å². The van der Waals surface area contributed by atoms with Crippen LogP contribution in [-0.4, -0.2) is 41.9 Å². The van der Waals surface area contributed by atoms with Gasteiger partial charge in [0.05, 0.1) is 43.6 Å². The van der Waals surface area contributed by atoms with Crippen molar-refractivity contribution in [1.82, 2.24) is 4.98 Å². The minimum absolute atomic E-state index is 0.0104. The molecule has 0 amide bonds. The SMILES string of the molecule is COC(=O)C1=CO[C@@H](C)[C@H]2C[N+]3([O-])CCc4c([nH]c5ccccc45)[C@@H]3C[C@H]12. The predicted octanol–water partition coefficient (Wildman–Crippen LogP) is 3.19. The molecule has 1 aromatic heterocycles. The van der Waals surface area contributed by atoms with Crippen LogP contribution in [0.2, 0.25) is 0 Å². The van der Waals surface area contributed by atoms with Gasteiger partial charge in [-0.15, -0.1) is 0 Å². The van der Waals surface area contributed by atoms with E-state index in [2.05, 4.69) is 17.1 Å². The number of hydroxylamine groups is 3. The number of aromatic nitrogens is 1. The Bertz CT molecular complexity index is 949. The molecule has 0 bridgehead atoms. The normalized spacial score (nSPS) is 34.7. The second-order valence-corrected chi connectivity index (χ2v) is 8.10. The van der Waals surface area contributed by atoms with Gasteiger partial charge in [-0.1, -0.05) is 18.2 Å². The second-order valence-electron chi connectivity index (χ2n) is 8.10. The van der Waals surface area contributed by atoms with Gasteiger partial charge in [-0.2, -0.15) is 0 Å². The molecule has 6 nitrogen and oxygen atoms in total. The monoisotopic (exact) mass is 368 g/mol. The van der Waals surface area contributed by atoms with Gasteiger partial charge in [0.25, 0.3) is 0 Å². The molecule has 4 heterocycles. The largest absolute Gasteiger partial charge is 0.632 e. The Morgan fingerprint density at radius 2 is 2.19 bits per heavy atom. The summed E-state index contributed by atoms with van der Waals surface area (Å²) in [5, 5.41) is 15.0. The molecule has 0 radical (unpaired) electrons. The average molecular weight is 368 g/mol. The number of para-hydroxylation sites is 1. The Kier molecular flexibility index (Phi) is 3.64. The van der Waals surface area contributed by atoms with E-state index in [9.17, 15) is 10.0 Å². The maximum Gasteiger partial charge on any atom is 0.337 e. The highest BCUT2D eigenvalue weighted by Crippen LogP contribution is 2.51. The van der Waals surface area contributed by atoms with Crippen molar-refractivity contribution in [2.24, 2.45) is 11.8 Å². The summed E-state index contributed by atoms with van der Waals surface area (Å²) in [4.78, 5) is 15.8. The van der Waals surface area contributed by atoms with Crippen LogP contribution < -0.4 is 0 Å². The number of nitrogens with one attached hydrogen (secondary N) is 1. The number of carbonyl (C=O) groups is 1. The first kappa shape index (κ1) is 16.8. The lowest BCUT2D eigenvalue weighted by Gasteiger charge is -2.58. The van der Waals surface area contributed by atoms with Crippen molar-refractivity contribution in [3.63, 3.8) is 0 Å². The van der Waals surface area contributed by atoms with Crippen molar-refractivity contribution in [3.05, 3.63) is 52.6 Å². The predicted molar refractivity (Wildman–Crippen MR) is 100 cm³/mol. The van der Waals surface area contributed by atoms with Gasteiger partial charge in [0.1, 0.15) is 12.1 Å². The maximum absolute atomic E-state index is 13.8. The molecule has 142 valence electrons. The third-order valence-electron chi connectivity index (χ3n) is 6.84. The van der Waals surface area contributed by atoms with E-state index in [1.807, 2.05) is 19.1 Å². The first-order valence-corrected chi connectivity index (χ1v) is 9.63. The van der Waals surface area contributed by atoms with Crippen molar-refractivity contribution >= 4 is 16.9 Å². The second kappa shape index (κ2) is 5.84. The Balaban J connectivity index is 1.59. The highest BCUT2D eigenvalue weighted by atomic mass is 16.6. The van der Waals surface area contributed by atoms with E-state index in [1.54, 1.807) is 6.26 Å². The number of aromatic amines is 1. The van der Waals surface area contributed by atoms with Gasteiger partial charge in [0.15, 0.2) is 0 Å². The van der Waals surface area contributed by atoms with E-state index in [-0.39, 0.29) is 34.6 Å². The number of carbonyl (C=O) groups excluding carboxylic acids is 1. The van der Waals surface area contributed by atoms with Crippen molar-refractivity contribution < 1.29 is 18.9 Å². The lowest BCUT2D eigenvalue weighted by molar-refractivity contribution is -0.924. The minimum Gasteiger partial charge on any atom is -0.632 e. The van der Waals surface area contributed by atoms with E-state index in [1.165, 1.54) is 18.1 Å². The Morgan fingerprint density at radius 3 is 3.00 bits per heavy atom. The minimum atomic E-state index is -0.351. The van der Waals surface area contributed by atoms with Crippen LogP contribution in [0.3, 0.4) is 0 Å². The lowest BCUT2D eigenvalue weighted by atomic mass is 9.72. The lowest BCUT2D eigenvalue weighted by Crippen LogP contribution is -2.60. The highest BCUT2D eigenvalue weighted by molar-refractivity contribution is 5.89. The molecule has 0 spiro atoms.